The van der Waals surface area contributed by atoms with Crippen LogP contribution in [0.15, 0.2) is 0 Å². The van der Waals surface area contributed by atoms with Gasteiger partial charge in [-0.2, -0.15) is 0 Å². The quantitative estimate of drug-likeness (QED) is 0.609. The van der Waals surface area contributed by atoms with E-state index in [1.54, 1.807) is 0 Å². The molecule has 0 aromatic heterocycles. The van der Waals surface area contributed by atoms with E-state index in [9.17, 15) is 9.90 Å². The average molecular weight is 198 g/mol. The van der Waals surface area contributed by atoms with E-state index < -0.39 is 0 Å². The minimum Gasteiger partial charge on any atom is -0.392 e. The average Bonchev–Trinajstić information content (AvgIpc) is 2.18. The fourth-order valence-corrected chi connectivity index (χ4v) is 2.37. The highest BCUT2D eigenvalue weighted by molar-refractivity contribution is 5.82. The molecule has 0 spiro atoms. The Morgan fingerprint density at radius 1 is 1.36 bits per heavy atom. The monoisotopic (exact) mass is 198 g/mol. The molecule has 0 bridgehead atoms. The molecule has 0 aliphatic carbocycles. The van der Waals surface area contributed by atoms with Crippen LogP contribution in [-0.4, -0.2) is 47.7 Å². The predicted molar refractivity (Wildman–Crippen MR) is 52.8 cm³/mol. The van der Waals surface area contributed by atoms with Gasteiger partial charge < -0.3 is 10.4 Å². The number of aliphatic hydroxyl groups excluding tert-OH is 1. The van der Waals surface area contributed by atoms with Crippen LogP contribution in [0, 0.1) is 0 Å². The summed E-state index contributed by atoms with van der Waals surface area (Å²) >= 11 is 0. The number of nitrogens with one attached hydrogen (secondary N) is 1. The lowest BCUT2D eigenvalue weighted by atomic mass is 10.0. The summed E-state index contributed by atoms with van der Waals surface area (Å²) in [7, 11) is 0. The summed E-state index contributed by atoms with van der Waals surface area (Å²) in [5, 5.41) is 12.4. The van der Waals surface area contributed by atoms with Gasteiger partial charge in [-0.3, -0.25) is 9.69 Å². The van der Waals surface area contributed by atoms with Gasteiger partial charge in [0.25, 0.3) is 0 Å². The fourth-order valence-electron chi connectivity index (χ4n) is 2.37. The Kier molecular flexibility index (Phi) is 3.03. The maximum absolute atomic E-state index is 11.6. The number of rotatable bonds is 1. The van der Waals surface area contributed by atoms with Gasteiger partial charge >= 0.3 is 0 Å². The van der Waals surface area contributed by atoms with Crippen molar-refractivity contribution in [2.75, 3.05) is 19.6 Å². The van der Waals surface area contributed by atoms with E-state index in [2.05, 4.69) is 10.2 Å². The molecule has 2 fully saturated rings. The van der Waals surface area contributed by atoms with Crippen molar-refractivity contribution >= 4 is 5.91 Å². The first-order chi connectivity index (χ1) is 6.77. The number of carbonyl (C=O) groups excluding carboxylic acids is 1. The Balaban J connectivity index is 1.94. The number of likely N-dealkylation sites (tertiary alicyclic amines) is 1. The molecule has 0 aromatic carbocycles. The Morgan fingerprint density at radius 3 is 2.93 bits per heavy atom. The molecule has 2 aliphatic rings. The number of β-amino-alcohol motifs (C(OH)–C–C–N with tert-alkyl or cyclic N) is 1. The van der Waals surface area contributed by atoms with E-state index in [-0.39, 0.29) is 18.1 Å². The molecule has 2 N–H and O–H groups in total. The van der Waals surface area contributed by atoms with Crippen molar-refractivity contribution in [2.24, 2.45) is 0 Å². The number of nitrogens with zero attached hydrogens (tertiary/aromatic N) is 1. The SMILES string of the molecule is O=C1NCCC[C@H]1N1CCC[C@@H](O)C1. The number of aliphatic hydroxyl groups is 1. The van der Waals surface area contributed by atoms with Gasteiger partial charge in [0.2, 0.25) is 5.91 Å². The summed E-state index contributed by atoms with van der Waals surface area (Å²) in [6.45, 7) is 2.43. The van der Waals surface area contributed by atoms with Crippen molar-refractivity contribution < 1.29 is 9.90 Å². The molecule has 1 amide bonds. The lowest BCUT2D eigenvalue weighted by Crippen LogP contribution is -2.54. The molecule has 14 heavy (non-hydrogen) atoms. The van der Waals surface area contributed by atoms with Crippen molar-refractivity contribution in [1.82, 2.24) is 10.2 Å². The highest BCUT2D eigenvalue weighted by Crippen LogP contribution is 2.17. The van der Waals surface area contributed by atoms with Crippen LogP contribution in [0.1, 0.15) is 25.7 Å². The third-order valence-electron chi connectivity index (χ3n) is 3.12. The van der Waals surface area contributed by atoms with Gasteiger partial charge in [-0.25, -0.2) is 0 Å². The van der Waals surface area contributed by atoms with Crippen molar-refractivity contribution in [3.05, 3.63) is 0 Å². The van der Waals surface area contributed by atoms with Crippen LogP contribution in [-0.2, 0) is 4.79 Å². The fraction of sp³-hybridized carbons (Fsp3) is 0.900. The summed E-state index contributed by atoms with van der Waals surface area (Å²) in [6.07, 6.45) is 3.65. The zero-order chi connectivity index (χ0) is 9.97. The summed E-state index contributed by atoms with van der Waals surface area (Å²) in [6, 6.07) is 0.0127. The van der Waals surface area contributed by atoms with Crippen LogP contribution in [0.2, 0.25) is 0 Å². The first-order valence-corrected chi connectivity index (χ1v) is 5.47. The topological polar surface area (TPSA) is 52.6 Å². The van der Waals surface area contributed by atoms with Gasteiger partial charge in [-0.15, -0.1) is 0 Å². The van der Waals surface area contributed by atoms with Crippen molar-refractivity contribution in [2.45, 2.75) is 37.8 Å². The van der Waals surface area contributed by atoms with Gasteiger partial charge in [-0.05, 0) is 32.2 Å². The van der Waals surface area contributed by atoms with Crippen molar-refractivity contribution in [1.29, 1.82) is 0 Å². The van der Waals surface area contributed by atoms with Crippen LogP contribution in [0.25, 0.3) is 0 Å². The number of hydrogen-bond acceptors (Lipinski definition) is 3. The van der Waals surface area contributed by atoms with Crippen LogP contribution in [0.5, 0.6) is 0 Å². The van der Waals surface area contributed by atoms with Gasteiger partial charge in [-0.1, -0.05) is 0 Å². The second-order valence-corrected chi connectivity index (χ2v) is 4.24. The summed E-state index contributed by atoms with van der Waals surface area (Å²) in [5.41, 5.74) is 0. The minimum atomic E-state index is -0.238. The molecule has 0 aromatic rings. The molecule has 80 valence electrons. The molecular weight excluding hydrogens is 180 g/mol. The second-order valence-electron chi connectivity index (χ2n) is 4.24. The Bertz CT molecular complexity index is 220. The normalized spacial score (nSPS) is 35.4. The zero-order valence-corrected chi connectivity index (χ0v) is 8.41. The summed E-state index contributed by atoms with van der Waals surface area (Å²) in [5.74, 6) is 0.144. The van der Waals surface area contributed by atoms with Crippen molar-refractivity contribution in [3.8, 4) is 0 Å². The van der Waals surface area contributed by atoms with Crippen LogP contribution >= 0.6 is 0 Å². The molecule has 0 radical (unpaired) electrons. The Morgan fingerprint density at radius 2 is 2.21 bits per heavy atom. The van der Waals surface area contributed by atoms with Gasteiger partial charge in [0.15, 0.2) is 0 Å². The molecule has 4 heteroatoms. The first kappa shape index (κ1) is 9.93. The molecule has 2 rings (SSSR count). The molecule has 2 aliphatic heterocycles. The largest absolute Gasteiger partial charge is 0.392 e. The van der Waals surface area contributed by atoms with Gasteiger partial charge in [0.05, 0.1) is 12.1 Å². The Hall–Kier alpha value is -0.610. The number of piperidine rings is 2. The van der Waals surface area contributed by atoms with Crippen molar-refractivity contribution in [3.63, 3.8) is 0 Å². The third-order valence-corrected chi connectivity index (χ3v) is 3.12. The molecule has 0 unspecified atom stereocenters. The van der Waals surface area contributed by atoms with E-state index in [0.717, 1.165) is 38.8 Å². The third kappa shape index (κ3) is 2.07. The lowest BCUT2D eigenvalue weighted by Gasteiger charge is -2.37. The van der Waals surface area contributed by atoms with Gasteiger partial charge in [0.1, 0.15) is 0 Å². The van der Waals surface area contributed by atoms with Gasteiger partial charge in [0, 0.05) is 13.1 Å². The molecule has 0 saturated carbocycles. The number of carbonyl (C=O) groups is 1. The molecule has 4 nitrogen and oxygen atoms in total. The Labute approximate surface area is 84.3 Å². The second kappa shape index (κ2) is 4.28. The van der Waals surface area contributed by atoms with E-state index >= 15 is 0 Å². The number of hydrogen-bond donors (Lipinski definition) is 2. The number of amides is 1. The predicted octanol–water partition coefficient (Wildman–Crippen LogP) is -0.278. The standard InChI is InChI=1S/C10H18N2O2/c13-8-3-2-6-12(7-8)9-4-1-5-11-10(9)14/h8-9,13H,1-7H2,(H,11,14)/t8-,9-/m1/s1. The van der Waals surface area contributed by atoms with Crippen LogP contribution in [0.3, 0.4) is 0 Å². The molecular formula is C10H18N2O2. The zero-order valence-electron chi connectivity index (χ0n) is 8.41. The maximum atomic E-state index is 11.6. The summed E-state index contributed by atoms with van der Waals surface area (Å²) in [4.78, 5) is 13.7. The van der Waals surface area contributed by atoms with Crippen LogP contribution in [0.4, 0.5) is 0 Å². The smallest absolute Gasteiger partial charge is 0.237 e. The van der Waals surface area contributed by atoms with E-state index in [1.807, 2.05) is 0 Å². The highest BCUT2D eigenvalue weighted by atomic mass is 16.3. The molecule has 2 atom stereocenters. The highest BCUT2D eigenvalue weighted by Gasteiger charge is 2.31. The minimum absolute atomic E-state index is 0.0127. The summed E-state index contributed by atoms with van der Waals surface area (Å²) < 4.78 is 0. The lowest BCUT2D eigenvalue weighted by molar-refractivity contribution is -0.129. The van der Waals surface area contributed by atoms with Crippen LogP contribution < -0.4 is 5.32 Å². The first-order valence-electron chi connectivity index (χ1n) is 5.47. The maximum Gasteiger partial charge on any atom is 0.237 e. The van der Waals surface area contributed by atoms with E-state index in [1.165, 1.54) is 0 Å². The van der Waals surface area contributed by atoms with E-state index in [4.69, 9.17) is 0 Å². The molecule has 2 heterocycles. The van der Waals surface area contributed by atoms with E-state index in [0.29, 0.717) is 6.54 Å². The molecule has 2 saturated heterocycles.